The van der Waals surface area contributed by atoms with E-state index in [1.807, 2.05) is 30.3 Å². The Kier molecular flexibility index (Phi) is 3.49. The van der Waals surface area contributed by atoms with Crippen LogP contribution in [0.3, 0.4) is 0 Å². The third-order valence-corrected chi connectivity index (χ3v) is 2.83. The van der Waals surface area contributed by atoms with Gasteiger partial charge in [-0.05, 0) is 26.0 Å². The summed E-state index contributed by atoms with van der Waals surface area (Å²) in [6.07, 6.45) is 2.91. The third kappa shape index (κ3) is 2.68. The summed E-state index contributed by atoms with van der Waals surface area (Å²) in [5.41, 5.74) is 2.95. The van der Waals surface area contributed by atoms with Crippen LogP contribution >= 0.6 is 0 Å². The van der Waals surface area contributed by atoms with Gasteiger partial charge in [-0.2, -0.15) is 0 Å². The Hall–Kier alpha value is -1.74. The highest BCUT2D eigenvalue weighted by atomic mass is 16.3. The summed E-state index contributed by atoms with van der Waals surface area (Å²) in [6.45, 7) is 3.83. The van der Waals surface area contributed by atoms with E-state index < -0.39 is 6.10 Å². The number of furan rings is 1. The molecule has 3 heteroatoms. The van der Waals surface area contributed by atoms with E-state index in [9.17, 15) is 5.11 Å². The summed E-state index contributed by atoms with van der Waals surface area (Å²) in [4.78, 5) is 0. The quantitative estimate of drug-likeness (QED) is 0.846. The number of rotatable bonds is 4. The van der Waals surface area contributed by atoms with Crippen molar-refractivity contribution in [1.82, 2.24) is 0 Å². The van der Waals surface area contributed by atoms with Crippen molar-refractivity contribution in [3.8, 4) is 0 Å². The number of hydrogen-bond donors (Lipinski definition) is 2. The van der Waals surface area contributed by atoms with Crippen LogP contribution in [0.2, 0.25) is 0 Å². The second-order valence-corrected chi connectivity index (χ2v) is 4.19. The molecule has 2 aromatic rings. The molecular formula is C14H17NO2. The maximum atomic E-state index is 9.69. The van der Waals surface area contributed by atoms with Gasteiger partial charge in [-0.3, -0.25) is 0 Å². The van der Waals surface area contributed by atoms with E-state index in [0.29, 0.717) is 0 Å². The van der Waals surface area contributed by atoms with Crippen LogP contribution in [0.15, 0.2) is 47.3 Å². The number of benzene rings is 1. The molecule has 0 radical (unpaired) electrons. The van der Waals surface area contributed by atoms with Gasteiger partial charge in [0.15, 0.2) is 0 Å². The minimum absolute atomic E-state index is 0.147. The molecule has 17 heavy (non-hydrogen) atoms. The van der Waals surface area contributed by atoms with Gasteiger partial charge in [0.2, 0.25) is 0 Å². The van der Waals surface area contributed by atoms with Crippen LogP contribution in [-0.2, 0) is 0 Å². The van der Waals surface area contributed by atoms with Gasteiger partial charge in [-0.25, -0.2) is 0 Å². The van der Waals surface area contributed by atoms with Crippen molar-refractivity contribution in [2.75, 3.05) is 5.32 Å². The standard InChI is InChI=1S/C14H17NO2/c1-10(12-7-8-17-9-12)15-14-6-4-3-5-13(14)11(2)16/h3-11,15-16H,1-2H3. The lowest BCUT2D eigenvalue weighted by Gasteiger charge is -2.18. The predicted molar refractivity (Wildman–Crippen MR) is 67.8 cm³/mol. The van der Waals surface area contributed by atoms with Crippen LogP contribution in [0, 0.1) is 0 Å². The number of nitrogens with one attached hydrogen (secondary N) is 1. The fraction of sp³-hybridized carbons (Fsp3) is 0.286. The van der Waals surface area contributed by atoms with Gasteiger partial charge >= 0.3 is 0 Å². The second-order valence-electron chi connectivity index (χ2n) is 4.19. The normalized spacial score (nSPS) is 14.3. The van der Waals surface area contributed by atoms with Crippen molar-refractivity contribution in [2.24, 2.45) is 0 Å². The van der Waals surface area contributed by atoms with Crippen molar-refractivity contribution in [1.29, 1.82) is 0 Å². The smallest absolute Gasteiger partial charge is 0.0955 e. The fourth-order valence-electron chi connectivity index (χ4n) is 1.83. The molecule has 1 aromatic carbocycles. The zero-order valence-corrected chi connectivity index (χ0v) is 10.1. The van der Waals surface area contributed by atoms with Crippen LogP contribution in [0.25, 0.3) is 0 Å². The fourth-order valence-corrected chi connectivity index (χ4v) is 1.83. The van der Waals surface area contributed by atoms with Crippen molar-refractivity contribution in [3.05, 3.63) is 54.0 Å². The third-order valence-electron chi connectivity index (χ3n) is 2.83. The van der Waals surface area contributed by atoms with Crippen molar-refractivity contribution in [2.45, 2.75) is 26.0 Å². The monoisotopic (exact) mass is 231 g/mol. The van der Waals surface area contributed by atoms with Gasteiger partial charge in [0, 0.05) is 16.8 Å². The topological polar surface area (TPSA) is 45.4 Å². The molecular weight excluding hydrogens is 214 g/mol. The van der Waals surface area contributed by atoms with Crippen LogP contribution in [0.4, 0.5) is 5.69 Å². The molecule has 2 rings (SSSR count). The summed E-state index contributed by atoms with van der Waals surface area (Å²) in [7, 11) is 0. The molecule has 0 spiro atoms. The number of aliphatic hydroxyl groups excluding tert-OH is 1. The molecule has 3 nitrogen and oxygen atoms in total. The van der Waals surface area contributed by atoms with Crippen LogP contribution < -0.4 is 5.32 Å². The van der Waals surface area contributed by atoms with E-state index in [1.165, 1.54) is 0 Å². The maximum absolute atomic E-state index is 9.69. The summed E-state index contributed by atoms with van der Waals surface area (Å²) in [6, 6.07) is 9.86. The molecule has 2 N–H and O–H groups in total. The van der Waals surface area contributed by atoms with Crippen molar-refractivity contribution >= 4 is 5.69 Å². The van der Waals surface area contributed by atoms with Gasteiger partial charge in [0.1, 0.15) is 0 Å². The first kappa shape index (κ1) is 11.7. The largest absolute Gasteiger partial charge is 0.472 e. The SMILES string of the molecule is CC(O)c1ccccc1NC(C)c1ccoc1. The summed E-state index contributed by atoms with van der Waals surface area (Å²) < 4.78 is 5.06. The first-order valence-electron chi connectivity index (χ1n) is 5.74. The Morgan fingerprint density at radius 2 is 1.94 bits per heavy atom. The van der Waals surface area contributed by atoms with E-state index >= 15 is 0 Å². The Bertz CT molecular complexity index is 463. The first-order chi connectivity index (χ1) is 8.18. The summed E-state index contributed by atoms with van der Waals surface area (Å²) >= 11 is 0. The predicted octanol–water partition coefficient (Wildman–Crippen LogP) is 3.51. The second kappa shape index (κ2) is 5.06. The molecule has 0 amide bonds. The van der Waals surface area contributed by atoms with Gasteiger partial charge < -0.3 is 14.8 Å². The highest BCUT2D eigenvalue weighted by molar-refractivity contribution is 5.53. The van der Waals surface area contributed by atoms with Crippen molar-refractivity contribution in [3.63, 3.8) is 0 Å². The number of para-hydroxylation sites is 1. The Labute approximate surface area is 101 Å². The van der Waals surface area contributed by atoms with Crippen LogP contribution in [-0.4, -0.2) is 5.11 Å². The van der Waals surface area contributed by atoms with E-state index in [-0.39, 0.29) is 6.04 Å². The maximum Gasteiger partial charge on any atom is 0.0955 e. The molecule has 0 aliphatic heterocycles. The number of anilines is 1. The minimum atomic E-state index is -0.477. The van der Waals surface area contributed by atoms with Crippen LogP contribution in [0.1, 0.15) is 37.1 Å². The van der Waals surface area contributed by atoms with Gasteiger partial charge in [0.05, 0.1) is 24.7 Å². The molecule has 0 bridgehead atoms. The summed E-state index contributed by atoms with van der Waals surface area (Å²) in [5.74, 6) is 0. The highest BCUT2D eigenvalue weighted by Crippen LogP contribution is 2.26. The first-order valence-corrected chi connectivity index (χ1v) is 5.74. The Morgan fingerprint density at radius 1 is 1.18 bits per heavy atom. The molecule has 0 saturated heterocycles. The molecule has 1 heterocycles. The van der Waals surface area contributed by atoms with Gasteiger partial charge in [0.25, 0.3) is 0 Å². The zero-order valence-electron chi connectivity index (χ0n) is 10.1. The average molecular weight is 231 g/mol. The number of aliphatic hydroxyl groups is 1. The van der Waals surface area contributed by atoms with E-state index in [1.54, 1.807) is 19.5 Å². The molecule has 2 unspecified atom stereocenters. The lowest BCUT2D eigenvalue weighted by atomic mass is 10.1. The lowest BCUT2D eigenvalue weighted by molar-refractivity contribution is 0.200. The Morgan fingerprint density at radius 3 is 2.59 bits per heavy atom. The number of hydrogen-bond acceptors (Lipinski definition) is 3. The van der Waals surface area contributed by atoms with E-state index in [0.717, 1.165) is 16.8 Å². The molecule has 0 saturated carbocycles. The molecule has 0 fully saturated rings. The lowest BCUT2D eigenvalue weighted by Crippen LogP contribution is -2.08. The highest BCUT2D eigenvalue weighted by Gasteiger charge is 2.11. The van der Waals surface area contributed by atoms with E-state index in [4.69, 9.17) is 4.42 Å². The van der Waals surface area contributed by atoms with E-state index in [2.05, 4.69) is 12.2 Å². The molecule has 0 aliphatic rings. The molecule has 90 valence electrons. The Balaban J connectivity index is 2.18. The average Bonchev–Trinajstić information content (AvgIpc) is 2.83. The molecule has 1 aromatic heterocycles. The molecule has 2 atom stereocenters. The minimum Gasteiger partial charge on any atom is -0.472 e. The van der Waals surface area contributed by atoms with Crippen molar-refractivity contribution < 1.29 is 9.52 Å². The van der Waals surface area contributed by atoms with Gasteiger partial charge in [-0.15, -0.1) is 0 Å². The zero-order chi connectivity index (χ0) is 12.3. The van der Waals surface area contributed by atoms with Crippen LogP contribution in [0.5, 0.6) is 0 Å². The molecule has 0 aliphatic carbocycles. The summed E-state index contributed by atoms with van der Waals surface area (Å²) in [5, 5.41) is 13.1. The van der Waals surface area contributed by atoms with Gasteiger partial charge in [-0.1, -0.05) is 18.2 Å².